The molecule has 2 atom stereocenters. The minimum absolute atomic E-state index is 0. The number of rotatable bonds is 10. The van der Waals surface area contributed by atoms with Crippen molar-refractivity contribution in [1.82, 2.24) is 10.3 Å². The Balaban J connectivity index is 0.00000204. The first kappa shape index (κ1) is 28.8. The molecule has 188 valence electrons. The summed E-state index contributed by atoms with van der Waals surface area (Å²) in [6, 6.07) is 9.84. The SMILES string of the molecule is Br.Br.NC1CCc2c(ccc(O)c2O)C1CCCCCCNCCc1ccc2sc(=O)[nH]c2c1. The maximum Gasteiger partial charge on any atom is 0.305 e. The predicted octanol–water partition coefficient (Wildman–Crippen LogP) is 5.30. The first-order chi connectivity index (χ1) is 15.5. The van der Waals surface area contributed by atoms with Crippen molar-refractivity contribution in [3.63, 3.8) is 0 Å². The largest absolute Gasteiger partial charge is 0.504 e. The lowest BCUT2D eigenvalue weighted by Gasteiger charge is -2.32. The van der Waals surface area contributed by atoms with Crippen LogP contribution in [0, 0.1) is 0 Å². The number of thiazole rings is 1. The molecule has 0 saturated carbocycles. The van der Waals surface area contributed by atoms with Crippen molar-refractivity contribution < 1.29 is 10.2 Å². The van der Waals surface area contributed by atoms with Crippen LogP contribution < -0.4 is 15.9 Å². The van der Waals surface area contributed by atoms with Crippen molar-refractivity contribution in [2.24, 2.45) is 5.73 Å². The van der Waals surface area contributed by atoms with Gasteiger partial charge in [-0.2, -0.15) is 0 Å². The van der Waals surface area contributed by atoms with E-state index in [4.69, 9.17) is 5.73 Å². The number of fused-ring (bicyclic) bond motifs is 2. The van der Waals surface area contributed by atoms with Crippen molar-refractivity contribution in [1.29, 1.82) is 0 Å². The van der Waals surface area contributed by atoms with Crippen molar-refractivity contribution >= 4 is 55.5 Å². The van der Waals surface area contributed by atoms with Crippen LogP contribution in [-0.4, -0.2) is 34.3 Å². The Bertz CT molecular complexity index is 1120. The topological polar surface area (TPSA) is 111 Å². The fourth-order valence-corrected chi connectivity index (χ4v) is 5.56. The van der Waals surface area contributed by atoms with E-state index in [0.717, 1.165) is 73.0 Å². The number of benzene rings is 2. The third kappa shape index (κ3) is 7.07. The van der Waals surface area contributed by atoms with Crippen molar-refractivity contribution in [2.75, 3.05) is 13.1 Å². The number of unbranched alkanes of at least 4 members (excludes halogenated alkanes) is 3. The Labute approximate surface area is 225 Å². The molecule has 0 aliphatic heterocycles. The normalized spacial score (nSPS) is 17.1. The van der Waals surface area contributed by atoms with Gasteiger partial charge in [-0.3, -0.25) is 4.79 Å². The zero-order valence-electron chi connectivity index (χ0n) is 19.2. The molecule has 2 aromatic carbocycles. The number of nitrogens with one attached hydrogen (secondary N) is 2. The third-order valence-corrected chi connectivity index (χ3v) is 7.50. The van der Waals surface area contributed by atoms with Gasteiger partial charge in [0.25, 0.3) is 0 Å². The van der Waals surface area contributed by atoms with E-state index < -0.39 is 0 Å². The molecule has 0 amide bonds. The summed E-state index contributed by atoms with van der Waals surface area (Å²) in [5.41, 5.74) is 10.6. The summed E-state index contributed by atoms with van der Waals surface area (Å²) in [5.74, 6) is 0.264. The average Bonchev–Trinajstić information content (AvgIpc) is 3.15. The van der Waals surface area contributed by atoms with Crippen LogP contribution in [0.4, 0.5) is 0 Å². The maximum absolute atomic E-state index is 11.4. The Hall–Kier alpha value is -1.39. The number of phenolic OH excluding ortho intramolecular Hbond substituents is 2. The van der Waals surface area contributed by atoms with E-state index in [-0.39, 0.29) is 62.3 Å². The van der Waals surface area contributed by atoms with Gasteiger partial charge in [0.05, 0.1) is 10.2 Å². The fourth-order valence-electron chi connectivity index (χ4n) is 4.84. The average molecular weight is 617 g/mol. The Morgan fingerprint density at radius 2 is 1.85 bits per heavy atom. The number of aromatic nitrogens is 1. The van der Waals surface area contributed by atoms with Gasteiger partial charge >= 0.3 is 4.87 Å². The highest BCUT2D eigenvalue weighted by molar-refractivity contribution is 8.93. The van der Waals surface area contributed by atoms with Gasteiger partial charge in [0.1, 0.15) is 0 Å². The molecule has 0 fully saturated rings. The molecule has 1 heterocycles. The lowest BCUT2D eigenvalue weighted by Crippen LogP contribution is -2.33. The van der Waals surface area contributed by atoms with E-state index in [2.05, 4.69) is 22.4 Å². The zero-order valence-corrected chi connectivity index (χ0v) is 23.5. The summed E-state index contributed by atoms with van der Waals surface area (Å²) in [7, 11) is 0. The van der Waals surface area contributed by atoms with Gasteiger partial charge in [-0.1, -0.05) is 42.7 Å². The van der Waals surface area contributed by atoms with E-state index in [1.54, 1.807) is 6.07 Å². The second kappa shape index (κ2) is 13.6. The lowest BCUT2D eigenvalue weighted by molar-refractivity contribution is 0.380. The van der Waals surface area contributed by atoms with E-state index in [9.17, 15) is 15.0 Å². The molecule has 0 radical (unpaired) electrons. The molecule has 2 unspecified atom stereocenters. The highest BCUT2D eigenvalue weighted by Gasteiger charge is 2.29. The molecule has 6 nitrogen and oxygen atoms in total. The van der Waals surface area contributed by atoms with Crippen molar-refractivity contribution in [3.8, 4) is 11.5 Å². The molecular formula is C25H35Br2N3O3S. The van der Waals surface area contributed by atoms with Gasteiger partial charge in [0.15, 0.2) is 11.5 Å². The minimum Gasteiger partial charge on any atom is -0.504 e. The molecule has 1 aromatic heterocycles. The molecule has 6 N–H and O–H groups in total. The second-order valence-corrected chi connectivity index (χ2v) is 9.87. The van der Waals surface area contributed by atoms with Crippen molar-refractivity contribution in [2.45, 2.75) is 63.3 Å². The van der Waals surface area contributed by atoms with E-state index >= 15 is 0 Å². The van der Waals surface area contributed by atoms with Crippen LogP contribution in [-0.2, 0) is 12.8 Å². The first-order valence-electron chi connectivity index (χ1n) is 11.6. The molecule has 1 aliphatic rings. The minimum atomic E-state index is -0.0348. The highest BCUT2D eigenvalue weighted by atomic mass is 79.9. The second-order valence-electron chi connectivity index (χ2n) is 8.86. The summed E-state index contributed by atoms with van der Waals surface area (Å²) in [5, 5.41) is 23.5. The number of hydrogen-bond donors (Lipinski definition) is 5. The monoisotopic (exact) mass is 615 g/mol. The number of H-pyrrole nitrogens is 1. The maximum atomic E-state index is 11.4. The molecule has 0 spiro atoms. The Morgan fingerprint density at radius 1 is 1.06 bits per heavy atom. The fraction of sp³-hybridized carbons (Fsp3) is 0.480. The van der Waals surface area contributed by atoms with Gasteiger partial charge in [-0.15, -0.1) is 34.0 Å². The number of nitrogens with two attached hydrogens (primary N) is 1. The number of hydrogen-bond acceptors (Lipinski definition) is 6. The number of aromatic amines is 1. The van der Waals surface area contributed by atoms with Crippen LogP contribution in [0.1, 0.15) is 61.1 Å². The Morgan fingerprint density at radius 3 is 2.68 bits per heavy atom. The molecule has 34 heavy (non-hydrogen) atoms. The molecule has 9 heteroatoms. The lowest BCUT2D eigenvalue weighted by atomic mass is 9.76. The van der Waals surface area contributed by atoms with E-state index in [1.807, 2.05) is 12.1 Å². The quantitative estimate of drug-likeness (QED) is 0.157. The predicted molar refractivity (Wildman–Crippen MR) is 152 cm³/mol. The molecule has 1 aliphatic carbocycles. The van der Waals surface area contributed by atoms with Gasteiger partial charge in [-0.05, 0) is 80.4 Å². The van der Waals surface area contributed by atoms with Gasteiger partial charge in [-0.25, -0.2) is 0 Å². The number of aromatic hydroxyl groups is 2. The van der Waals surface area contributed by atoms with Gasteiger partial charge < -0.3 is 26.2 Å². The van der Waals surface area contributed by atoms with Crippen LogP contribution in [0.15, 0.2) is 35.1 Å². The molecule has 0 saturated heterocycles. The first-order valence-corrected chi connectivity index (χ1v) is 12.5. The number of phenols is 2. The standard InChI is InChI=1S/C25H33N3O3S.2BrH/c26-20-9-7-19-17(8-10-22(29)24(19)30)18(20)5-3-1-2-4-13-27-14-12-16-6-11-23-21(15-16)28-25(31)32-23;;/h6,8,10-11,15,18,20,27,29-30H,1-5,7,9,12-14,26H2,(H,28,31);2*1H. The van der Waals surface area contributed by atoms with Gasteiger partial charge in [0, 0.05) is 11.6 Å². The summed E-state index contributed by atoms with van der Waals surface area (Å²) in [4.78, 5) is 14.3. The van der Waals surface area contributed by atoms with E-state index in [1.165, 1.54) is 29.7 Å². The van der Waals surface area contributed by atoms with Gasteiger partial charge in [0.2, 0.25) is 0 Å². The van der Waals surface area contributed by atoms with Crippen LogP contribution in [0.3, 0.4) is 0 Å². The summed E-state index contributed by atoms with van der Waals surface area (Å²) < 4.78 is 1.01. The van der Waals surface area contributed by atoms with Crippen LogP contribution in [0.5, 0.6) is 11.5 Å². The smallest absolute Gasteiger partial charge is 0.305 e. The molecular weight excluding hydrogens is 582 g/mol. The molecule has 4 rings (SSSR count). The van der Waals surface area contributed by atoms with E-state index in [0.29, 0.717) is 0 Å². The zero-order chi connectivity index (χ0) is 22.5. The third-order valence-electron chi connectivity index (χ3n) is 6.63. The summed E-state index contributed by atoms with van der Waals surface area (Å²) in [6.45, 7) is 1.94. The summed E-state index contributed by atoms with van der Waals surface area (Å²) in [6.07, 6.45) is 8.20. The van der Waals surface area contributed by atoms with Crippen LogP contribution in [0.25, 0.3) is 10.2 Å². The Kier molecular flexibility index (Phi) is 11.6. The van der Waals surface area contributed by atoms with Crippen LogP contribution >= 0.6 is 45.3 Å². The highest BCUT2D eigenvalue weighted by Crippen LogP contribution is 2.42. The summed E-state index contributed by atoms with van der Waals surface area (Å²) >= 11 is 1.25. The molecule has 0 bridgehead atoms. The van der Waals surface area contributed by atoms with Crippen molar-refractivity contribution in [3.05, 3.63) is 56.7 Å². The number of halogens is 2. The van der Waals surface area contributed by atoms with Crippen LogP contribution in [0.2, 0.25) is 0 Å². The molecule has 3 aromatic rings.